The molecule has 0 aliphatic heterocycles. The molecule has 1 rings (SSSR count). The molecule has 0 spiro atoms. The lowest BCUT2D eigenvalue weighted by Crippen LogP contribution is -2.34. The minimum Gasteiger partial charge on any atom is -0.370 e. The Labute approximate surface area is 91.1 Å². The van der Waals surface area contributed by atoms with Gasteiger partial charge in [0.25, 0.3) is 0 Å². The highest BCUT2D eigenvalue weighted by molar-refractivity contribution is 7.92. The molecule has 0 aromatic carbocycles. The van der Waals surface area contributed by atoms with Gasteiger partial charge in [0.05, 0.1) is 11.3 Å². The second kappa shape index (κ2) is 4.38. The molecule has 1 aliphatic carbocycles. The number of hydrogen-bond donors (Lipinski definition) is 2. The van der Waals surface area contributed by atoms with Gasteiger partial charge in [0.2, 0.25) is 0 Å². The van der Waals surface area contributed by atoms with E-state index in [1.165, 1.54) is 6.26 Å². The molecule has 0 bridgehead atoms. The molecule has 1 aliphatic rings. The molecule has 0 atom stereocenters. The molecule has 6 heteroatoms. The lowest BCUT2D eigenvalue weighted by molar-refractivity contribution is 0.583. The summed E-state index contributed by atoms with van der Waals surface area (Å²) in [5.74, 6) is 0.340. The van der Waals surface area contributed by atoms with E-state index in [1.54, 1.807) is 0 Å². The Morgan fingerprint density at radius 1 is 1.53 bits per heavy atom. The predicted octanol–water partition coefficient (Wildman–Crippen LogP) is -0.122. The van der Waals surface area contributed by atoms with E-state index in [9.17, 15) is 8.42 Å². The molecule has 3 N–H and O–H groups in total. The second-order valence-electron chi connectivity index (χ2n) is 4.08. The van der Waals surface area contributed by atoms with Crippen LogP contribution in [0.5, 0.6) is 0 Å². The van der Waals surface area contributed by atoms with E-state index in [0.717, 1.165) is 13.0 Å². The van der Waals surface area contributed by atoms with Crippen LogP contribution in [0.15, 0.2) is 4.99 Å². The highest BCUT2D eigenvalue weighted by atomic mass is 32.2. The summed E-state index contributed by atoms with van der Waals surface area (Å²) < 4.78 is 22.2. The van der Waals surface area contributed by atoms with Gasteiger partial charge in [-0.1, -0.05) is 6.92 Å². The van der Waals surface area contributed by atoms with Gasteiger partial charge in [-0.25, -0.2) is 8.42 Å². The van der Waals surface area contributed by atoms with Crippen molar-refractivity contribution in [3.8, 4) is 0 Å². The lowest BCUT2D eigenvalue weighted by atomic mass is 10.4. The van der Waals surface area contributed by atoms with Crippen LogP contribution < -0.4 is 11.1 Å². The average Bonchev–Trinajstić information content (AvgIpc) is 2.91. The van der Waals surface area contributed by atoms with Crippen LogP contribution in [0.2, 0.25) is 0 Å². The quantitative estimate of drug-likeness (QED) is 0.512. The Balaban J connectivity index is 2.50. The molecule has 0 heterocycles. The number of hydrogen-bond acceptors (Lipinski definition) is 3. The first-order valence-electron chi connectivity index (χ1n) is 5.15. The van der Waals surface area contributed by atoms with Crippen LogP contribution in [0.1, 0.15) is 26.2 Å². The van der Waals surface area contributed by atoms with Crippen LogP contribution in [0, 0.1) is 0 Å². The minimum absolute atomic E-state index is 0.286. The van der Waals surface area contributed by atoms with Gasteiger partial charge in [0.15, 0.2) is 15.8 Å². The zero-order valence-electron chi connectivity index (χ0n) is 9.28. The fraction of sp³-hybridized carbons (Fsp3) is 0.889. The first kappa shape index (κ1) is 12.3. The van der Waals surface area contributed by atoms with Crippen molar-refractivity contribution < 1.29 is 8.42 Å². The summed E-state index contributed by atoms with van der Waals surface area (Å²) in [6, 6.07) is 0. The van der Waals surface area contributed by atoms with Gasteiger partial charge in [0, 0.05) is 12.8 Å². The highest BCUT2D eigenvalue weighted by Crippen LogP contribution is 2.43. The Morgan fingerprint density at radius 2 is 2.13 bits per heavy atom. The molecule has 1 fully saturated rings. The van der Waals surface area contributed by atoms with Gasteiger partial charge in [-0.15, -0.1) is 0 Å². The van der Waals surface area contributed by atoms with Gasteiger partial charge >= 0.3 is 0 Å². The first-order chi connectivity index (χ1) is 6.91. The third kappa shape index (κ3) is 3.09. The fourth-order valence-corrected chi connectivity index (χ4v) is 2.47. The van der Waals surface area contributed by atoms with Crippen molar-refractivity contribution in [2.75, 3.05) is 19.3 Å². The van der Waals surface area contributed by atoms with Crippen LogP contribution in [0.4, 0.5) is 0 Å². The van der Waals surface area contributed by atoms with Crippen molar-refractivity contribution in [2.24, 2.45) is 10.7 Å². The maximum atomic E-state index is 11.4. The Bertz CT molecular complexity index is 344. The molecule has 0 radical (unpaired) electrons. The first-order valence-corrected chi connectivity index (χ1v) is 7.04. The number of rotatable bonds is 5. The predicted molar refractivity (Wildman–Crippen MR) is 61.6 cm³/mol. The highest BCUT2D eigenvalue weighted by Gasteiger charge is 2.51. The number of nitrogens with zero attached hydrogens (tertiary/aromatic N) is 1. The van der Waals surface area contributed by atoms with Crippen molar-refractivity contribution in [1.29, 1.82) is 0 Å². The molecule has 0 saturated heterocycles. The molecule has 0 aromatic heterocycles. The Hall–Kier alpha value is -0.780. The summed E-state index contributed by atoms with van der Waals surface area (Å²) in [6.45, 7) is 3.08. The molecule has 1 saturated carbocycles. The van der Waals surface area contributed by atoms with Crippen molar-refractivity contribution in [2.45, 2.75) is 30.9 Å². The molecule has 15 heavy (non-hydrogen) atoms. The molecule has 0 unspecified atom stereocenters. The van der Waals surface area contributed by atoms with Crippen molar-refractivity contribution in [3.63, 3.8) is 0 Å². The van der Waals surface area contributed by atoms with Crippen LogP contribution >= 0.6 is 0 Å². The number of guanidine groups is 1. The lowest BCUT2D eigenvalue weighted by Gasteiger charge is -2.10. The second-order valence-corrected chi connectivity index (χ2v) is 6.49. The molecule has 88 valence electrons. The molecule has 5 nitrogen and oxygen atoms in total. The van der Waals surface area contributed by atoms with E-state index >= 15 is 0 Å². The van der Waals surface area contributed by atoms with E-state index in [4.69, 9.17) is 5.73 Å². The monoisotopic (exact) mass is 233 g/mol. The number of aliphatic imine (C=N–C) groups is 1. The Kier molecular flexibility index (Phi) is 3.59. The summed E-state index contributed by atoms with van der Waals surface area (Å²) in [7, 11) is -3.00. The average molecular weight is 233 g/mol. The fourth-order valence-electron chi connectivity index (χ4n) is 1.32. The maximum absolute atomic E-state index is 11.4. The van der Waals surface area contributed by atoms with E-state index < -0.39 is 14.6 Å². The van der Waals surface area contributed by atoms with Crippen LogP contribution in [0.3, 0.4) is 0 Å². The van der Waals surface area contributed by atoms with Crippen molar-refractivity contribution in [3.05, 3.63) is 0 Å². The van der Waals surface area contributed by atoms with Gasteiger partial charge < -0.3 is 11.1 Å². The normalized spacial score (nSPS) is 20.0. The van der Waals surface area contributed by atoms with E-state index in [-0.39, 0.29) is 6.54 Å². The number of sulfone groups is 1. The maximum Gasteiger partial charge on any atom is 0.188 e. The van der Waals surface area contributed by atoms with Crippen molar-refractivity contribution in [1.82, 2.24) is 5.32 Å². The van der Waals surface area contributed by atoms with Crippen LogP contribution in [-0.2, 0) is 9.84 Å². The zero-order valence-corrected chi connectivity index (χ0v) is 10.1. The van der Waals surface area contributed by atoms with Gasteiger partial charge in [-0.3, -0.25) is 4.99 Å². The summed E-state index contributed by atoms with van der Waals surface area (Å²) in [5, 5.41) is 2.92. The summed E-state index contributed by atoms with van der Waals surface area (Å²) in [4.78, 5) is 4.07. The van der Waals surface area contributed by atoms with Crippen LogP contribution in [-0.4, -0.2) is 38.5 Å². The summed E-state index contributed by atoms with van der Waals surface area (Å²) >= 11 is 0. The van der Waals surface area contributed by atoms with Crippen LogP contribution in [0.25, 0.3) is 0 Å². The zero-order chi connectivity index (χ0) is 11.5. The van der Waals surface area contributed by atoms with Crippen molar-refractivity contribution >= 4 is 15.8 Å². The molecular formula is C9H19N3O2S. The SMILES string of the molecule is CCCNC(N)=NCC1(S(C)(=O)=O)CC1. The largest absolute Gasteiger partial charge is 0.370 e. The Morgan fingerprint density at radius 3 is 2.53 bits per heavy atom. The third-order valence-corrected chi connectivity index (χ3v) is 4.80. The van der Waals surface area contributed by atoms with Gasteiger partial charge in [-0.05, 0) is 19.3 Å². The minimum atomic E-state index is -3.00. The number of nitrogens with two attached hydrogens (primary N) is 1. The smallest absolute Gasteiger partial charge is 0.188 e. The molecule has 0 amide bonds. The summed E-state index contributed by atoms with van der Waals surface area (Å²) in [5.41, 5.74) is 5.58. The van der Waals surface area contributed by atoms with E-state index in [0.29, 0.717) is 18.8 Å². The summed E-state index contributed by atoms with van der Waals surface area (Å²) in [6.07, 6.45) is 3.64. The molecule has 0 aromatic rings. The van der Waals surface area contributed by atoms with Gasteiger partial charge in [0.1, 0.15) is 0 Å². The van der Waals surface area contributed by atoms with E-state index in [2.05, 4.69) is 10.3 Å². The third-order valence-electron chi connectivity index (χ3n) is 2.69. The molecular weight excluding hydrogens is 214 g/mol. The van der Waals surface area contributed by atoms with E-state index in [1.807, 2.05) is 6.92 Å². The number of nitrogens with one attached hydrogen (secondary N) is 1. The van der Waals surface area contributed by atoms with Gasteiger partial charge in [-0.2, -0.15) is 0 Å². The topological polar surface area (TPSA) is 84.5 Å². The standard InChI is InChI=1S/C9H19N3O2S/c1-3-6-11-8(10)12-7-9(4-5-9)15(2,13)14/h3-7H2,1-2H3,(H3,10,11,12).